The van der Waals surface area contributed by atoms with Crippen molar-refractivity contribution in [3.05, 3.63) is 34.1 Å². The minimum absolute atomic E-state index is 0.653. The fourth-order valence-electron chi connectivity index (χ4n) is 2.49. The molecule has 0 unspecified atom stereocenters. The zero-order chi connectivity index (χ0) is 14.8. The van der Waals surface area contributed by atoms with Crippen LogP contribution in [0.5, 0.6) is 11.5 Å². The van der Waals surface area contributed by atoms with Gasteiger partial charge in [0, 0.05) is 36.3 Å². The first-order valence-corrected chi connectivity index (χ1v) is 7.19. The van der Waals surface area contributed by atoms with Crippen molar-refractivity contribution in [2.75, 3.05) is 20.8 Å². The lowest BCUT2D eigenvalue weighted by atomic mass is 10.1. The van der Waals surface area contributed by atoms with Crippen molar-refractivity contribution < 1.29 is 9.47 Å². The highest BCUT2D eigenvalue weighted by Gasteiger charge is 2.14. The Hall–Kier alpha value is -1.92. The van der Waals surface area contributed by atoms with E-state index >= 15 is 0 Å². The van der Waals surface area contributed by atoms with Crippen molar-refractivity contribution >= 4 is 12.2 Å². The van der Waals surface area contributed by atoms with E-state index in [4.69, 9.17) is 21.7 Å². The van der Waals surface area contributed by atoms with Gasteiger partial charge < -0.3 is 19.8 Å². The van der Waals surface area contributed by atoms with Crippen molar-refractivity contribution in [3.8, 4) is 22.9 Å². The van der Waals surface area contributed by atoms with Crippen molar-refractivity contribution in [1.82, 2.24) is 15.3 Å². The van der Waals surface area contributed by atoms with E-state index in [-0.39, 0.29) is 0 Å². The van der Waals surface area contributed by atoms with Crippen LogP contribution in [0.25, 0.3) is 11.4 Å². The summed E-state index contributed by atoms with van der Waals surface area (Å²) >= 11 is 5.41. The van der Waals surface area contributed by atoms with Gasteiger partial charge in [-0.2, -0.15) is 0 Å². The summed E-state index contributed by atoms with van der Waals surface area (Å²) in [5.74, 6) is 2.14. The highest BCUT2D eigenvalue weighted by Crippen LogP contribution is 2.31. The largest absolute Gasteiger partial charge is 0.493 e. The van der Waals surface area contributed by atoms with Crippen LogP contribution in [0, 0.1) is 4.64 Å². The van der Waals surface area contributed by atoms with Gasteiger partial charge >= 0.3 is 0 Å². The van der Waals surface area contributed by atoms with E-state index in [0.717, 1.165) is 36.5 Å². The second-order valence-electron chi connectivity index (χ2n) is 4.84. The Labute approximate surface area is 128 Å². The van der Waals surface area contributed by atoms with Crippen LogP contribution in [0.4, 0.5) is 0 Å². The first-order chi connectivity index (χ1) is 10.2. The Balaban J connectivity index is 2.08. The van der Waals surface area contributed by atoms with Gasteiger partial charge in [-0.05, 0) is 18.2 Å². The predicted octanol–water partition coefficient (Wildman–Crippen LogP) is 2.47. The normalized spacial score (nSPS) is 13.6. The molecule has 110 valence electrons. The molecule has 5 nitrogen and oxygen atoms in total. The van der Waals surface area contributed by atoms with Gasteiger partial charge in [-0.15, -0.1) is 0 Å². The van der Waals surface area contributed by atoms with Gasteiger partial charge in [0.1, 0.15) is 10.5 Å². The number of aromatic amines is 1. The van der Waals surface area contributed by atoms with E-state index in [9.17, 15) is 0 Å². The van der Waals surface area contributed by atoms with E-state index in [0.29, 0.717) is 16.1 Å². The molecule has 1 aliphatic heterocycles. The molecule has 0 radical (unpaired) electrons. The molecular weight excluding hydrogens is 286 g/mol. The summed E-state index contributed by atoms with van der Waals surface area (Å²) in [6.45, 7) is 1.73. The molecule has 0 spiro atoms. The maximum Gasteiger partial charge on any atom is 0.161 e. The fraction of sp³-hybridized carbons (Fsp3) is 0.333. The Morgan fingerprint density at radius 3 is 2.76 bits per heavy atom. The molecule has 6 heteroatoms. The number of benzene rings is 1. The molecule has 0 atom stereocenters. The number of fused-ring (bicyclic) bond motifs is 1. The molecule has 0 saturated carbocycles. The number of rotatable bonds is 3. The average molecular weight is 303 g/mol. The molecule has 3 rings (SSSR count). The van der Waals surface area contributed by atoms with Crippen LogP contribution in [0.1, 0.15) is 11.3 Å². The van der Waals surface area contributed by atoms with E-state index < -0.39 is 0 Å². The Bertz CT molecular complexity index is 727. The summed E-state index contributed by atoms with van der Waals surface area (Å²) in [6.07, 6.45) is 0.932. The summed E-state index contributed by atoms with van der Waals surface area (Å²) in [5, 5.41) is 3.31. The summed E-state index contributed by atoms with van der Waals surface area (Å²) in [4.78, 5) is 7.91. The van der Waals surface area contributed by atoms with Gasteiger partial charge in [0.25, 0.3) is 0 Å². The van der Waals surface area contributed by atoms with Crippen LogP contribution in [0.2, 0.25) is 0 Å². The standard InChI is InChI=1S/C15H17N3O2S/c1-19-12-4-3-9(7-13(12)20-2)14-17-11-5-6-16-8-10(11)15(21)18-14/h3-4,7,16H,5-6,8H2,1-2H3,(H,17,18,21). The van der Waals surface area contributed by atoms with Crippen LogP contribution in [-0.4, -0.2) is 30.7 Å². The van der Waals surface area contributed by atoms with Gasteiger partial charge in [-0.1, -0.05) is 12.2 Å². The number of aromatic nitrogens is 2. The molecule has 1 aromatic carbocycles. The maximum atomic E-state index is 5.41. The molecule has 1 aliphatic rings. The molecular formula is C15H17N3O2S. The van der Waals surface area contributed by atoms with E-state index in [2.05, 4.69) is 15.3 Å². The summed E-state index contributed by atoms with van der Waals surface area (Å²) in [7, 11) is 3.24. The third kappa shape index (κ3) is 2.64. The highest BCUT2D eigenvalue weighted by molar-refractivity contribution is 7.71. The van der Waals surface area contributed by atoms with Crippen LogP contribution in [-0.2, 0) is 13.0 Å². The van der Waals surface area contributed by atoms with Crippen LogP contribution < -0.4 is 14.8 Å². The predicted molar refractivity (Wildman–Crippen MR) is 83.4 cm³/mol. The first kappa shape index (κ1) is 14.0. The minimum atomic E-state index is 0.653. The van der Waals surface area contributed by atoms with Crippen molar-refractivity contribution in [2.45, 2.75) is 13.0 Å². The molecule has 0 saturated heterocycles. The molecule has 21 heavy (non-hydrogen) atoms. The van der Waals surface area contributed by atoms with Crippen LogP contribution in [0.3, 0.4) is 0 Å². The van der Waals surface area contributed by atoms with Gasteiger partial charge in [-0.3, -0.25) is 0 Å². The zero-order valence-electron chi connectivity index (χ0n) is 12.0. The number of H-pyrrole nitrogens is 1. The lowest BCUT2D eigenvalue weighted by molar-refractivity contribution is 0.355. The summed E-state index contributed by atoms with van der Waals surface area (Å²) in [6, 6.07) is 5.72. The average Bonchev–Trinajstić information content (AvgIpc) is 2.54. The van der Waals surface area contributed by atoms with Crippen LogP contribution in [0.15, 0.2) is 18.2 Å². The number of methoxy groups -OCH3 is 2. The number of nitrogens with one attached hydrogen (secondary N) is 2. The second-order valence-corrected chi connectivity index (χ2v) is 5.23. The lowest BCUT2D eigenvalue weighted by Crippen LogP contribution is -2.25. The molecule has 2 aromatic rings. The quantitative estimate of drug-likeness (QED) is 0.853. The monoisotopic (exact) mass is 303 g/mol. The Kier molecular flexibility index (Phi) is 3.90. The highest BCUT2D eigenvalue weighted by atomic mass is 32.1. The lowest BCUT2D eigenvalue weighted by Gasteiger charge is -2.18. The van der Waals surface area contributed by atoms with Gasteiger partial charge in [-0.25, -0.2) is 4.98 Å². The molecule has 2 heterocycles. The maximum absolute atomic E-state index is 5.41. The zero-order valence-corrected chi connectivity index (χ0v) is 12.8. The second kappa shape index (κ2) is 5.83. The number of nitrogens with zero attached hydrogens (tertiary/aromatic N) is 1. The first-order valence-electron chi connectivity index (χ1n) is 6.78. The van der Waals surface area contributed by atoms with Crippen molar-refractivity contribution in [2.24, 2.45) is 0 Å². The molecule has 2 N–H and O–H groups in total. The Morgan fingerprint density at radius 2 is 2.00 bits per heavy atom. The Morgan fingerprint density at radius 1 is 1.19 bits per heavy atom. The van der Waals surface area contributed by atoms with Crippen LogP contribution >= 0.6 is 12.2 Å². The molecule has 0 fully saturated rings. The van der Waals surface area contributed by atoms with Gasteiger partial charge in [0.2, 0.25) is 0 Å². The molecule has 1 aromatic heterocycles. The number of hydrogen-bond acceptors (Lipinski definition) is 5. The van der Waals surface area contributed by atoms with E-state index in [1.807, 2.05) is 18.2 Å². The topological polar surface area (TPSA) is 59.2 Å². The third-order valence-electron chi connectivity index (χ3n) is 3.62. The number of ether oxygens (including phenoxy) is 2. The number of hydrogen-bond donors (Lipinski definition) is 2. The molecule has 0 aliphatic carbocycles. The van der Waals surface area contributed by atoms with Gasteiger partial charge in [0.15, 0.2) is 11.5 Å². The SMILES string of the molecule is COc1ccc(-c2nc(=S)c3c([nH]2)CCNC3)cc1OC. The fourth-order valence-corrected chi connectivity index (χ4v) is 2.77. The van der Waals surface area contributed by atoms with Gasteiger partial charge in [0.05, 0.1) is 14.2 Å². The minimum Gasteiger partial charge on any atom is -0.493 e. The van der Waals surface area contributed by atoms with E-state index in [1.54, 1.807) is 14.2 Å². The molecule has 0 bridgehead atoms. The van der Waals surface area contributed by atoms with Crippen molar-refractivity contribution in [3.63, 3.8) is 0 Å². The van der Waals surface area contributed by atoms with E-state index in [1.165, 1.54) is 5.69 Å². The summed E-state index contributed by atoms with van der Waals surface area (Å²) in [5.41, 5.74) is 3.19. The van der Waals surface area contributed by atoms with Crippen molar-refractivity contribution in [1.29, 1.82) is 0 Å². The smallest absolute Gasteiger partial charge is 0.161 e. The summed E-state index contributed by atoms with van der Waals surface area (Å²) < 4.78 is 11.2. The third-order valence-corrected chi connectivity index (χ3v) is 3.95. The molecule has 0 amide bonds.